The first kappa shape index (κ1) is 30.3. The van der Waals surface area contributed by atoms with E-state index >= 15 is 0 Å². The van der Waals surface area contributed by atoms with Gasteiger partial charge < -0.3 is 26.0 Å². The Morgan fingerprint density at radius 3 is 2.15 bits per heavy atom. The highest BCUT2D eigenvalue weighted by Gasteiger charge is 2.70. The van der Waals surface area contributed by atoms with Crippen molar-refractivity contribution in [2.75, 3.05) is 6.54 Å². The first-order chi connectivity index (χ1) is 18.7. The van der Waals surface area contributed by atoms with Gasteiger partial charge in [0.05, 0.1) is 6.04 Å². The van der Waals surface area contributed by atoms with Crippen LogP contribution in [0.4, 0.5) is 4.79 Å². The van der Waals surface area contributed by atoms with Crippen molar-refractivity contribution in [2.45, 2.75) is 117 Å². The number of amides is 4. The van der Waals surface area contributed by atoms with Crippen molar-refractivity contribution in [3.63, 3.8) is 0 Å². The molecule has 0 aromatic rings. The third-order valence-corrected chi connectivity index (χ3v) is 9.90. The number of carbonyl (C=O) groups excluding carboxylic acids is 5. The largest absolute Gasteiger partial charge is 0.444 e. The number of alkyl carbamates (subject to hydrolysis) is 1. The Kier molecular flexibility index (Phi) is 8.58. The summed E-state index contributed by atoms with van der Waals surface area (Å²) < 4.78 is 5.54. The van der Waals surface area contributed by atoms with Gasteiger partial charge in [0.2, 0.25) is 17.6 Å². The molecule has 1 aliphatic heterocycles. The molecule has 0 bridgehead atoms. The van der Waals surface area contributed by atoms with Gasteiger partial charge >= 0.3 is 6.09 Å². The second kappa shape index (κ2) is 11.3. The number of hydrogen-bond acceptors (Lipinski definition) is 6. The van der Waals surface area contributed by atoms with E-state index in [0.717, 1.165) is 25.7 Å². The molecule has 4 aliphatic rings. The van der Waals surface area contributed by atoms with Crippen LogP contribution in [0.2, 0.25) is 0 Å². The summed E-state index contributed by atoms with van der Waals surface area (Å²) in [4.78, 5) is 66.6. The highest BCUT2D eigenvalue weighted by atomic mass is 16.6. The van der Waals surface area contributed by atoms with E-state index < -0.39 is 47.4 Å². The van der Waals surface area contributed by atoms with E-state index in [-0.39, 0.29) is 35.5 Å². The van der Waals surface area contributed by atoms with Crippen molar-refractivity contribution in [3.05, 3.63) is 0 Å². The zero-order chi connectivity index (χ0) is 29.6. The van der Waals surface area contributed by atoms with E-state index in [9.17, 15) is 24.0 Å². The Bertz CT molecular complexity index is 1020. The zero-order valence-electron chi connectivity index (χ0n) is 25.0. The van der Waals surface area contributed by atoms with Gasteiger partial charge in [-0.2, -0.15) is 0 Å². The summed E-state index contributed by atoms with van der Waals surface area (Å²) in [5, 5.41) is 5.65. The van der Waals surface area contributed by atoms with E-state index in [0.29, 0.717) is 24.8 Å². The van der Waals surface area contributed by atoms with Crippen molar-refractivity contribution >= 4 is 29.6 Å². The molecule has 0 spiro atoms. The number of Topliss-reactive ketones (excluding diaryl/α,β-unsaturated/α-hetero) is 1. The van der Waals surface area contributed by atoms with E-state index in [4.69, 9.17) is 10.5 Å². The van der Waals surface area contributed by atoms with Crippen LogP contribution in [0.1, 0.15) is 92.9 Å². The lowest BCUT2D eigenvalue weighted by atomic mass is 9.82. The smallest absolute Gasteiger partial charge is 0.408 e. The van der Waals surface area contributed by atoms with Gasteiger partial charge in [-0.15, -0.1) is 0 Å². The summed E-state index contributed by atoms with van der Waals surface area (Å²) in [6.45, 7) is 11.8. The molecule has 1 saturated heterocycles. The number of likely N-dealkylation sites (tertiary alicyclic amines) is 1. The number of fused-ring (bicyclic) bond motifs is 2. The zero-order valence-corrected chi connectivity index (χ0v) is 25.0. The topological polar surface area (TPSA) is 148 Å². The second-order valence-corrected chi connectivity index (χ2v) is 14.1. The predicted octanol–water partition coefficient (Wildman–Crippen LogP) is 2.92. The van der Waals surface area contributed by atoms with Crippen LogP contribution in [-0.4, -0.2) is 64.8 Å². The maximum absolute atomic E-state index is 14.3. The Labute approximate surface area is 237 Å². The first-order valence-electron chi connectivity index (χ1n) is 15.1. The van der Waals surface area contributed by atoms with Crippen LogP contribution < -0.4 is 16.4 Å². The van der Waals surface area contributed by atoms with Crippen LogP contribution in [0, 0.1) is 35.0 Å². The number of nitrogens with one attached hydrogen (secondary N) is 2. The molecule has 4 fully saturated rings. The van der Waals surface area contributed by atoms with Crippen LogP contribution in [0.3, 0.4) is 0 Å². The molecule has 0 aromatic carbocycles. The Morgan fingerprint density at radius 1 is 1.02 bits per heavy atom. The third kappa shape index (κ3) is 6.15. The van der Waals surface area contributed by atoms with Gasteiger partial charge in [-0.05, 0) is 75.0 Å². The van der Waals surface area contributed by atoms with E-state index in [2.05, 4.69) is 24.5 Å². The minimum Gasteiger partial charge on any atom is -0.444 e. The van der Waals surface area contributed by atoms with Gasteiger partial charge in [-0.1, -0.05) is 52.9 Å². The monoisotopic (exact) mass is 560 g/mol. The lowest BCUT2D eigenvalue weighted by Crippen LogP contribution is -2.59. The molecule has 4 N–H and O–H groups in total. The minimum atomic E-state index is -1.09. The molecule has 40 heavy (non-hydrogen) atoms. The maximum atomic E-state index is 14.3. The molecule has 3 aliphatic carbocycles. The third-order valence-electron chi connectivity index (χ3n) is 9.90. The molecular weight excluding hydrogens is 512 g/mol. The number of nitrogens with zero attached hydrogens (tertiary/aromatic N) is 1. The quantitative estimate of drug-likeness (QED) is 0.369. The highest BCUT2D eigenvalue weighted by Crippen LogP contribution is 2.65. The summed E-state index contributed by atoms with van der Waals surface area (Å²) in [5.41, 5.74) is 4.39. The molecule has 7 unspecified atom stereocenters. The van der Waals surface area contributed by atoms with Gasteiger partial charge in [0, 0.05) is 6.54 Å². The highest BCUT2D eigenvalue weighted by molar-refractivity contribution is 6.37. The van der Waals surface area contributed by atoms with Crippen LogP contribution in [0.25, 0.3) is 0 Å². The summed E-state index contributed by atoms with van der Waals surface area (Å²) in [6.07, 6.45) is 6.63. The number of hydrogen-bond donors (Lipinski definition) is 3. The molecule has 10 heteroatoms. The molecule has 0 aromatic heterocycles. The van der Waals surface area contributed by atoms with Gasteiger partial charge in [0.15, 0.2) is 0 Å². The second-order valence-electron chi connectivity index (χ2n) is 14.1. The molecule has 10 nitrogen and oxygen atoms in total. The normalized spacial score (nSPS) is 31.8. The summed E-state index contributed by atoms with van der Waals surface area (Å²) in [5.74, 6) is -1.52. The molecule has 4 rings (SSSR count). The van der Waals surface area contributed by atoms with Crippen molar-refractivity contribution in [3.8, 4) is 0 Å². The Morgan fingerprint density at radius 2 is 1.62 bits per heavy atom. The number of piperidine rings is 1. The molecule has 3 saturated carbocycles. The fourth-order valence-electron chi connectivity index (χ4n) is 7.85. The fraction of sp³-hybridized carbons (Fsp3) is 0.833. The fourth-order valence-corrected chi connectivity index (χ4v) is 7.85. The summed E-state index contributed by atoms with van der Waals surface area (Å²) in [7, 11) is 0. The lowest BCUT2D eigenvalue weighted by Gasteiger charge is -2.35. The van der Waals surface area contributed by atoms with Crippen molar-refractivity contribution in [2.24, 2.45) is 40.7 Å². The molecule has 0 radical (unpaired) electrons. The SMILES string of the molecule is CCCC(NC(=O)C1C2C(CN1C(=O)C(NC(=O)OC(C)(C)C)C1CC3CCCCC3C1)C2(C)C)C(=O)C(N)=O. The van der Waals surface area contributed by atoms with Crippen LogP contribution in [0.5, 0.6) is 0 Å². The Hall–Kier alpha value is -2.65. The standard InChI is InChI=1S/C30H48N4O6/c1-7-10-20(24(35)25(31)36)32-26(37)23-21-19(30(21,5)6)15-34(23)27(38)22(33-28(39)40-29(2,3)4)18-13-16-11-8-9-12-17(16)14-18/h16-23H,7-15H2,1-6H3,(H2,31,36)(H,32,37)(H,33,39). The van der Waals surface area contributed by atoms with Crippen LogP contribution in [-0.2, 0) is 23.9 Å². The molecular formula is C30H48N4O6. The van der Waals surface area contributed by atoms with Crippen molar-refractivity contribution in [1.29, 1.82) is 0 Å². The number of carbonyl (C=O) groups is 5. The van der Waals surface area contributed by atoms with Gasteiger partial charge in [-0.3, -0.25) is 19.2 Å². The van der Waals surface area contributed by atoms with Gasteiger partial charge in [0.1, 0.15) is 17.7 Å². The molecule has 224 valence electrons. The Balaban J connectivity index is 1.58. The number of nitrogens with two attached hydrogens (primary N) is 1. The minimum absolute atomic E-state index is 0.0361. The van der Waals surface area contributed by atoms with Crippen molar-refractivity contribution < 1.29 is 28.7 Å². The predicted molar refractivity (Wildman–Crippen MR) is 149 cm³/mol. The molecule has 4 amide bonds. The van der Waals surface area contributed by atoms with E-state index in [1.807, 2.05) is 6.92 Å². The summed E-state index contributed by atoms with van der Waals surface area (Å²) >= 11 is 0. The van der Waals surface area contributed by atoms with E-state index in [1.165, 1.54) is 12.8 Å². The van der Waals surface area contributed by atoms with E-state index in [1.54, 1.807) is 25.7 Å². The maximum Gasteiger partial charge on any atom is 0.408 e. The van der Waals surface area contributed by atoms with Crippen LogP contribution in [0.15, 0.2) is 0 Å². The van der Waals surface area contributed by atoms with Crippen molar-refractivity contribution in [1.82, 2.24) is 15.5 Å². The molecule has 7 atom stereocenters. The average Bonchev–Trinajstić information content (AvgIpc) is 3.24. The average molecular weight is 561 g/mol. The van der Waals surface area contributed by atoms with Crippen LogP contribution >= 0.6 is 0 Å². The number of primary amides is 1. The van der Waals surface area contributed by atoms with Gasteiger partial charge in [0.25, 0.3) is 5.91 Å². The number of ketones is 1. The first-order valence-corrected chi connectivity index (χ1v) is 15.1. The van der Waals surface area contributed by atoms with Gasteiger partial charge in [-0.25, -0.2) is 4.79 Å². The number of rotatable bonds is 9. The lowest BCUT2D eigenvalue weighted by molar-refractivity contribution is -0.144. The number of ether oxygens (including phenoxy) is 1. The summed E-state index contributed by atoms with van der Waals surface area (Å²) in [6, 6.07) is -2.62. The molecule has 1 heterocycles.